The van der Waals surface area contributed by atoms with Gasteiger partial charge in [0.2, 0.25) is 5.78 Å². The average Bonchev–Trinajstić information content (AvgIpc) is 3.48. The molecular formula is C33H24N3O2S+. The molecule has 0 spiro atoms. The largest absolute Gasteiger partial charge is 0.477 e. The fourth-order valence-corrected chi connectivity index (χ4v) is 6.34. The minimum Gasteiger partial charge on any atom is -0.477 e. The maximum atomic E-state index is 14.1. The van der Waals surface area contributed by atoms with E-state index in [-0.39, 0.29) is 17.2 Å². The summed E-state index contributed by atoms with van der Waals surface area (Å²) in [4.78, 5) is 20.1. The van der Waals surface area contributed by atoms with Crippen LogP contribution in [-0.2, 0) is 0 Å². The zero-order chi connectivity index (χ0) is 26.7. The summed E-state index contributed by atoms with van der Waals surface area (Å²) in [5.74, 6) is 0.932. The fraction of sp³-hybridized carbons (Fsp3) is 0.0606. The van der Waals surface area contributed by atoms with Crippen molar-refractivity contribution in [3.63, 3.8) is 0 Å². The van der Waals surface area contributed by atoms with E-state index in [1.807, 2.05) is 73.7 Å². The number of aryl methyl sites for hydroxylation is 2. The van der Waals surface area contributed by atoms with Gasteiger partial charge in [-0.2, -0.15) is 4.57 Å². The molecule has 5 nitrogen and oxygen atoms in total. The molecule has 5 aromatic rings. The van der Waals surface area contributed by atoms with E-state index in [1.165, 1.54) is 0 Å². The molecule has 39 heavy (non-hydrogen) atoms. The summed E-state index contributed by atoms with van der Waals surface area (Å²) in [7, 11) is 0. The molecular weight excluding hydrogens is 502 g/mol. The van der Waals surface area contributed by atoms with Gasteiger partial charge in [0.25, 0.3) is 11.7 Å². The predicted octanol–water partition coefficient (Wildman–Crippen LogP) is 7.15. The Hall–Kier alpha value is -4.81. The lowest BCUT2D eigenvalue weighted by Gasteiger charge is -2.07. The molecule has 0 saturated carbocycles. The molecule has 2 aliphatic rings. The molecule has 0 unspecified atom stereocenters. The molecule has 1 aromatic heterocycles. The van der Waals surface area contributed by atoms with Gasteiger partial charge in [-0.05, 0) is 55.2 Å². The Morgan fingerprint density at radius 1 is 0.821 bits per heavy atom. The molecule has 2 aliphatic heterocycles. The van der Waals surface area contributed by atoms with Crippen molar-refractivity contribution in [2.75, 3.05) is 0 Å². The van der Waals surface area contributed by atoms with Crippen LogP contribution in [0.1, 0.15) is 27.0 Å². The molecule has 0 amide bonds. The number of benzene rings is 4. The summed E-state index contributed by atoms with van der Waals surface area (Å²) in [6, 6.07) is 33.5. The van der Waals surface area contributed by atoms with Gasteiger partial charge in [-0.25, -0.2) is 0 Å². The van der Waals surface area contributed by atoms with Crippen LogP contribution in [0, 0.1) is 13.8 Å². The van der Waals surface area contributed by atoms with E-state index in [1.54, 1.807) is 15.9 Å². The van der Waals surface area contributed by atoms with E-state index in [2.05, 4.69) is 47.7 Å². The topological polar surface area (TPSA) is 58.5 Å². The smallest absolute Gasteiger partial charge is 0.345 e. The van der Waals surface area contributed by atoms with Crippen LogP contribution in [0.25, 0.3) is 43.5 Å². The number of para-hydroxylation sites is 2. The van der Waals surface area contributed by atoms with Crippen molar-refractivity contribution in [1.82, 2.24) is 9.38 Å². The third kappa shape index (κ3) is 3.64. The van der Waals surface area contributed by atoms with E-state index in [0.717, 1.165) is 43.2 Å². The van der Waals surface area contributed by atoms with Gasteiger partial charge in [0.1, 0.15) is 21.6 Å². The second-order valence-electron chi connectivity index (χ2n) is 9.78. The van der Waals surface area contributed by atoms with Gasteiger partial charge in [-0.3, -0.25) is 9.20 Å². The van der Waals surface area contributed by atoms with Crippen LogP contribution < -0.4 is 4.57 Å². The van der Waals surface area contributed by atoms with Gasteiger partial charge in [-0.15, -0.1) is 11.3 Å². The number of aromatic hydroxyl groups is 1. The maximum absolute atomic E-state index is 14.1. The first-order valence-electron chi connectivity index (χ1n) is 12.8. The minimum atomic E-state index is -0.239. The third-order valence-corrected chi connectivity index (χ3v) is 8.28. The lowest BCUT2D eigenvalue weighted by atomic mass is 10.0. The third-order valence-electron chi connectivity index (χ3n) is 7.14. The number of carbonyl (C=O) groups excluding carboxylic acids is 1. The summed E-state index contributed by atoms with van der Waals surface area (Å²) >= 11 is 1.60. The van der Waals surface area contributed by atoms with Gasteiger partial charge in [0.05, 0.1) is 10.2 Å². The lowest BCUT2D eigenvalue weighted by Crippen LogP contribution is -2.32. The average molecular weight is 527 g/mol. The van der Waals surface area contributed by atoms with Crippen LogP contribution in [0.4, 0.5) is 0 Å². The van der Waals surface area contributed by atoms with Crippen molar-refractivity contribution in [2.24, 2.45) is 0 Å². The van der Waals surface area contributed by atoms with Crippen LogP contribution in [0.15, 0.2) is 103 Å². The standard InChI is InChI=1S/C33H23N3O2S/c1-20-12-16-22(17-13-20)29(37)27-28-31(35(32(27)38)24-8-4-3-5-9-24)34-30(23-18-14-21(2)15-19-23)36-25-10-6-7-11-26(25)39-33(28)36/h3-19H,1-2H3/p+1. The minimum absolute atomic E-state index is 0.116. The molecule has 0 bridgehead atoms. The van der Waals surface area contributed by atoms with Crippen LogP contribution in [-0.4, -0.2) is 20.3 Å². The van der Waals surface area contributed by atoms with Crippen molar-refractivity contribution in [3.05, 3.63) is 125 Å². The Kier molecular flexibility index (Phi) is 5.32. The van der Waals surface area contributed by atoms with Gasteiger partial charge in [0, 0.05) is 11.1 Å². The summed E-state index contributed by atoms with van der Waals surface area (Å²) in [6.45, 7) is 4.05. The first-order valence-corrected chi connectivity index (χ1v) is 13.6. The molecule has 0 atom stereocenters. The number of aromatic nitrogens is 3. The molecule has 3 heterocycles. The predicted molar refractivity (Wildman–Crippen MR) is 155 cm³/mol. The Morgan fingerprint density at radius 2 is 1.46 bits per heavy atom. The highest BCUT2D eigenvalue weighted by atomic mass is 32.1. The fourth-order valence-electron chi connectivity index (χ4n) is 5.15. The normalized spacial score (nSPS) is 11.5. The molecule has 1 N–H and O–H groups in total. The monoisotopic (exact) mass is 526 g/mol. The summed E-state index contributed by atoms with van der Waals surface area (Å²) in [6.07, 6.45) is 0. The number of ketones is 1. The highest BCUT2D eigenvalue weighted by molar-refractivity contribution is 7.24. The van der Waals surface area contributed by atoms with Crippen molar-refractivity contribution in [2.45, 2.75) is 13.8 Å². The van der Waals surface area contributed by atoms with Gasteiger partial charge >= 0.3 is 5.82 Å². The molecule has 0 saturated heterocycles. The Balaban J connectivity index is 1.66. The number of hydrogen-bond donors (Lipinski definition) is 1. The van der Waals surface area contributed by atoms with E-state index in [9.17, 15) is 9.90 Å². The van der Waals surface area contributed by atoms with Crippen molar-refractivity contribution >= 4 is 32.2 Å². The maximum Gasteiger partial charge on any atom is 0.345 e. The van der Waals surface area contributed by atoms with E-state index in [4.69, 9.17) is 4.98 Å². The number of fused-ring (bicyclic) bond motifs is 5. The summed E-state index contributed by atoms with van der Waals surface area (Å²) in [5, 5.41) is 11.8. The number of thiazole rings is 1. The Bertz CT molecular complexity index is 1990. The van der Waals surface area contributed by atoms with Crippen LogP contribution >= 0.6 is 11.3 Å². The van der Waals surface area contributed by atoms with Crippen molar-refractivity contribution < 1.29 is 14.5 Å². The number of rotatable bonds is 4. The second-order valence-corrected chi connectivity index (χ2v) is 10.8. The summed E-state index contributed by atoms with van der Waals surface area (Å²) in [5.41, 5.74) is 6.32. The molecule has 4 aromatic carbocycles. The van der Waals surface area contributed by atoms with Gasteiger partial charge < -0.3 is 5.11 Å². The highest BCUT2D eigenvalue weighted by Gasteiger charge is 2.40. The molecule has 0 fully saturated rings. The number of carbonyl (C=O) groups is 1. The zero-order valence-electron chi connectivity index (χ0n) is 21.4. The Morgan fingerprint density at radius 3 is 2.18 bits per heavy atom. The van der Waals surface area contributed by atoms with Crippen LogP contribution in [0.2, 0.25) is 0 Å². The van der Waals surface area contributed by atoms with E-state index < -0.39 is 0 Å². The van der Waals surface area contributed by atoms with Crippen LogP contribution in [0.5, 0.6) is 5.88 Å². The first-order chi connectivity index (χ1) is 19.0. The molecule has 0 aliphatic carbocycles. The zero-order valence-corrected chi connectivity index (χ0v) is 22.2. The number of nitrogens with zero attached hydrogens (tertiary/aromatic N) is 3. The van der Waals surface area contributed by atoms with E-state index >= 15 is 0 Å². The SMILES string of the molecule is Cc1ccc(C(=O)c2c3c4sc5ccccc5n4c(-c4ccc(C)cc4)nc-3[n+](-c3ccccc3)c2O)cc1. The molecule has 6 heteroatoms. The molecule has 0 radical (unpaired) electrons. The Labute approximate surface area is 229 Å². The van der Waals surface area contributed by atoms with Crippen molar-refractivity contribution in [1.29, 1.82) is 0 Å². The second kappa shape index (κ2) is 8.89. The van der Waals surface area contributed by atoms with E-state index in [0.29, 0.717) is 17.0 Å². The van der Waals surface area contributed by atoms with Crippen LogP contribution in [0.3, 0.4) is 0 Å². The molecule has 188 valence electrons. The quantitative estimate of drug-likeness (QED) is 0.196. The van der Waals surface area contributed by atoms with Gasteiger partial charge in [-0.1, -0.05) is 77.9 Å². The van der Waals surface area contributed by atoms with Crippen molar-refractivity contribution in [3.8, 4) is 34.3 Å². The van der Waals surface area contributed by atoms with Gasteiger partial charge in [0.15, 0.2) is 0 Å². The first kappa shape index (κ1) is 23.3. The molecule has 7 rings (SSSR count). The highest BCUT2D eigenvalue weighted by Crippen LogP contribution is 2.43. The summed E-state index contributed by atoms with van der Waals surface area (Å²) < 4.78 is 4.88. The lowest BCUT2D eigenvalue weighted by molar-refractivity contribution is -0.591. The number of hydrogen-bond acceptors (Lipinski definition) is 4.